The van der Waals surface area contributed by atoms with Crippen molar-refractivity contribution >= 4 is 22.9 Å². The number of nitrogens with zero attached hydrogens (tertiary/aromatic N) is 2. The summed E-state index contributed by atoms with van der Waals surface area (Å²) in [5.41, 5.74) is 3.23. The average Bonchev–Trinajstić information content (AvgIpc) is 2.57. The van der Waals surface area contributed by atoms with Crippen LogP contribution in [-0.2, 0) is 0 Å². The first-order valence-corrected chi connectivity index (χ1v) is 6.71. The second kappa shape index (κ2) is 6.05. The van der Waals surface area contributed by atoms with Crippen LogP contribution in [0.15, 0.2) is 65.9 Å². The van der Waals surface area contributed by atoms with Crippen molar-refractivity contribution in [1.29, 1.82) is 0 Å². The van der Waals surface area contributed by atoms with Gasteiger partial charge < -0.3 is 5.11 Å². The predicted molar refractivity (Wildman–Crippen MR) is 84.9 cm³/mol. The third kappa shape index (κ3) is 2.78. The highest BCUT2D eigenvalue weighted by Gasteiger charge is 2.06. The Kier molecular flexibility index (Phi) is 3.78. The van der Waals surface area contributed by atoms with E-state index in [2.05, 4.69) is 15.5 Å². The maximum Gasteiger partial charge on any atom is 0.289 e. The van der Waals surface area contributed by atoms with Crippen LogP contribution in [0.25, 0.3) is 10.8 Å². The number of carbonyl (C=O) groups is 1. The number of nitrogens with one attached hydrogen (secondary N) is 1. The van der Waals surface area contributed by atoms with Crippen LogP contribution in [0.3, 0.4) is 0 Å². The van der Waals surface area contributed by atoms with Crippen molar-refractivity contribution in [3.05, 3.63) is 72.1 Å². The fourth-order valence-electron chi connectivity index (χ4n) is 2.13. The van der Waals surface area contributed by atoms with Gasteiger partial charge >= 0.3 is 0 Å². The summed E-state index contributed by atoms with van der Waals surface area (Å²) < 4.78 is 0. The molecule has 0 atom stereocenters. The molecule has 5 heteroatoms. The molecule has 0 fully saturated rings. The molecule has 1 heterocycles. The lowest BCUT2D eigenvalue weighted by Gasteiger charge is -2.04. The number of phenolic OH excluding ortho intramolecular Hbond substituents is 1. The van der Waals surface area contributed by atoms with Crippen LogP contribution in [0.5, 0.6) is 5.75 Å². The summed E-state index contributed by atoms with van der Waals surface area (Å²) in [6, 6.07) is 16.1. The van der Waals surface area contributed by atoms with Crippen LogP contribution < -0.4 is 5.43 Å². The number of hydrogen-bond acceptors (Lipinski definition) is 4. The van der Waals surface area contributed by atoms with Crippen LogP contribution >= 0.6 is 0 Å². The second-order valence-corrected chi connectivity index (χ2v) is 4.63. The Labute approximate surface area is 126 Å². The predicted octanol–water partition coefficient (Wildman–Crippen LogP) is 2.70. The SMILES string of the molecule is O=C(N/N=C\c1c(O)ccc2ccccc12)c1ccccn1. The molecule has 0 unspecified atom stereocenters. The molecule has 22 heavy (non-hydrogen) atoms. The molecule has 0 aliphatic carbocycles. The molecule has 0 saturated heterocycles. The number of carbonyl (C=O) groups excluding carboxylic acids is 1. The maximum absolute atomic E-state index is 11.8. The molecule has 0 radical (unpaired) electrons. The number of hydrazone groups is 1. The van der Waals surface area contributed by atoms with Crippen molar-refractivity contribution in [1.82, 2.24) is 10.4 Å². The van der Waals surface area contributed by atoms with Crippen LogP contribution in [0, 0.1) is 0 Å². The Hall–Kier alpha value is -3.21. The molecule has 3 rings (SSSR count). The van der Waals surface area contributed by atoms with Crippen LogP contribution in [0.4, 0.5) is 0 Å². The van der Waals surface area contributed by atoms with Gasteiger partial charge in [0.15, 0.2) is 0 Å². The van der Waals surface area contributed by atoms with Gasteiger partial charge in [-0.15, -0.1) is 0 Å². The highest BCUT2D eigenvalue weighted by molar-refractivity contribution is 6.02. The molecule has 2 N–H and O–H groups in total. The Morgan fingerprint density at radius 3 is 2.73 bits per heavy atom. The van der Waals surface area contributed by atoms with E-state index in [0.717, 1.165) is 10.8 Å². The molecule has 0 spiro atoms. The van der Waals surface area contributed by atoms with Crippen molar-refractivity contribution in [2.75, 3.05) is 0 Å². The fraction of sp³-hybridized carbons (Fsp3) is 0. The first-order valence-electron chi connectivity index (χ1n) is 6.71. The summed E-state index contributed by atoms with van der Waals surface area (Å²) in [7, 11) is 0. The lowest BCUT2D eigenvalue weighted by molar-refractivity contribution is 0.0950. The molecule has 2 aromatic carbocycles. The van der Waals surface area contributed by atoms with E-state index in [1.54, 1.807) is 24.3 Å². The van der Waals surface area contributed by atoms with Gasteiger partial charge in [0.1, 0.15) is 11.4 Å². The highest BCUT2D eigenvalue weighted by Crippen LogP contribution is 2.25. The van der Waals surface area contributed by atoms with Crippen molar-refractivity contribution < 1.29 is 9.90 Å². The van der Waals surface area contributed by atoms with E-state index in [9.17, 15) is 9.90 Å². The van der Waals surface area contributed by atoms with Crippen LogP contribution in [0.1, 0.15) is 16.1 Å². The number of hydrogen-bond donors (Lipinski definition) is 2. The largest absolute Gasteiger partial charge is 0.507 e. The van der Waals surface area contributed by atoms with Crippen molar-refractivity contribution in [2.45, 2.75) is 0 Å². The van der Waals surface area contributed by atoms with Gasteiger partial charge in [0.2, 0.25) is 0 Å². The average molecular weight is 291 g/mol. The summed E-state index contributed by atoms with van der Waals surface area (Å²) in [4.78, 5) is 15.8. The molecule has 0 aliphatic rings. The molecular weight excluding hydrogens is 278 g/mol. The number of benzene rings is 2. The lowest BCUT2D eigenvalue weighted by atomic mass is 10.0. The van der Waals surface area contributed by atoms with Crippen molar-refractivity contribution in [3.63, 3.8) is 0 Å². The van der Waals surface area contributed by atoms with Crippen LogP contribution in [0.2, 0.25) is 0 Å². The molecule has 3 aromatic rings. The van der Waals surface area contributed by atoms with Gasteiger partial charge in [-0.25, -0.2) is 5.43 Å². The van der Waals surface area contributed by atoms with Gasteiger partial charge in [0.25, 0.3) is 5.91 Å². The topological polar surface area (TPSA) is 74.6 Å². The van der Waals surface area contributed by atoms with Gasteiger partial charge in [-0.2, -0.15) is 5.10 Å². The zero-order valence-corrected chi connectivity index (χ0v) is 11.6. The second-order valence-electron chi connectivity index (χ2n) is 4.63. The molecule has 0 saturated carbocycles. The minimum atomic E-state index is -0.406. The minimum absolute atomic E-state index is 0.106. The van der Waals surface area contributed by atoms with E-state index in [-0.39, 0.29) is 11.4 Å². The summed E-state index contributed by atoms with van der Waals surface area (Å²) in [6.45, 7) is 0. The molecule has 5 nitrogen and oxygen atoms in total. The first kappa shape index (κ1) is 13.8. The Bertz CT molecular complexity index is 845. The molecule has 0 aliphatic heterocycles. The Morgan fingerprint density at radius 1 is 1.09 bits per heavy atom. The molecule has 0 bridgehead atoms. The van der Waals surface area contributed by atoms with Gasteiger partial charge in [0, 0.05) is 11.8 Å². The van der Waals surface area contributed by atoms with Crippen LogP contribution in [-0.4, -0.2) is 22.2 Å². The Balaban J connectivity index is 1.84. The van der Waals surface area contributed by atoms with E-state index in [1.807, 2.05) is 30.3 Å². The van der Waals surface area contributed by atoms with Gasteiger partial charge in [-0.05, 0) is 29.0 Å². The monoisotopic (exact) mass is 291 g/mol. The third-order valence-electron chi connectivity index (χ3n) is 3.20. The zero-order chi connectivity index (χ0) is 15.4. The fourth-order valence-corrected chi connectivity index (χ4v) is 2.13. The van der Waals surface area contributed by atoms with Gasteiger partial charge in [-0.1, -0.05) is 36.4 Å². The number of pyridine rings is 1. The van der Waals surface area contributed by atoms with Gasteiger partial charge in [-0.3, -0.25) is 9.78 Å². The standard InChI is InChI=1S/C17H13N3O2/c21-16-9-8-12-5-1-2-6-13(12)14(16)11-19-20-17(22)15-7-3-4-10-18-15/h1-11,21H,(H,20,22)/b19-11-. The van der Waals surface area contributed by atoms with E-state index in [1.165, 1.54) is 12.4 Å². The van der Waals surface area contributed by atoms with Crippen molar-refractivity contribution in [2.24, 2.45) is 5.10 Å². The van der Waals surface area contributed by atoms with E-state index < -0.39 is 5.91 Å². The number of aromatic hydroxyl groups is 1. The summed E-state index contributed by atoms with van der Waals surface area (Å²) >= 11 is 0. The smallest absolute Gasteiger partial charge is 0.289 e. The van der Waals surface area contributed by atoms with Gasteiger partial charge in [0.05, 0.1) is 6.21 Å². The normalized spacial score (nSPS) is 10.9. The number of aromatic nitrogens is 1. The molecule has 1 amide bonds. The van der Waals surface area contributed by atoms with E-state index in [0.29, 0.717) is 5.56 Å². The zero-order valence-electron chi connectivity index (χ0n) is 11.6. The molecular formula is C17H13N3O2. The summed E-state index contributed by atoms with van der Waals surface area (Å²) in [5.74, 6) is -0.300. The first-order chi connectivity index (χ1) is 10.8. The third-order valence-corrected chi connectivity index (χ3v) is 3.20. The number of phenols is 1. The maximum atomic E-state index is 11.8. The van der Waals surface area contributed by atoms with Crippen molar-refractivity contribution in [3.8, 4) is 5.75 Å². The lowest BCUT2D eigenvalue weighted by Crippen LogP contribution is -2.18. The molecule has 108 valence electrons. The van der Waals surface area contributed by atoms with E-state index in [4.69, 9.17) is 0 Å². The number of fused-ring (bicyclic) bond motifs is 1. The Morgan fingerprint density at radius 2 is 1.91 bits per heavy atom. The quantitative estimate of drug-likeness (QED) is 0.575. The molecule has 1 aromatic heterocycles. The number of amides is 1. The number of rotatable bonds is 3. The summed E-state index contributed by atoms with van der Waals surface area (Å²) in [5, 5.41) is 15.7. The highest BCUT2D eigenvalue weighted by atomic mass is 16.3. The summed E-state index contributed by atoms with van der Waals surface area (Å²) in [6.07, 6.45) is 2.97. The minimum Gasteiger partial charge on any atom is -0.507 e. The van der Waals surface area contributed by atoms with E-state index >= 15 is 0 Å².